The second-order valence-electron chi connectivity index (χ2n) is 5.46. The molecule has 0 N–H and O–H groups in total. The van der Waals surface area contributed by atoms with Crippen LogP contribution in [0.4, 0.5) is 0 Å². The molecular weight excluding hydrogens is 304 g/mol. The first-order chi connectivity index (χ1) is 8.94. The summed E-state index contributed by atoms with van der Waals surface area (Å²) < 4.78 is 47.2. The number of sulfone groups is 1. The number of hydrogen-bond acceptors (Lipinski definition) is 5. The molecule has 0 aliphatic carbocycles. The van der Waals surface area contributed by atoms with Crippen molar-refractivity contribution in [1.29, 1.82) is 0 Å². The predicted molar refractivity (Wildman–Crippen MR) is 76.5 cm³/mol. The largest absolute Gasteiger partial charge is 0.341 e. The van der Waals surface area contributed by atoms with Crippen molar-refractivity contribution < 1.29 is 21.6 Å². The lowest BCUT2D eigenvalue weighted by Gasteiger charge is -2.28. The van der Waals surface area contributed by atoms with E-state index in [1.54, 1.807) is 13.8 Å². The van der Waals surface area contributed by atoms with Crippen molar-refractivity contribution in [2.45, 2.75) is 32.4 Å². The molecule has 118 valence electrons. The summed E-state index contributed by atoms with van der Waals surface area (Å²) >= 11 is 0. The summed E-state index contributed by atoms with van der Waals surface area (Å²) in [6.45, 7) is 3.12. The molecule has 0 aromatic rings. The van der Waals surface area contributed by atoms with Gasteiger partial charge in [-0.25, -0.2) is 16.8 Å². The maximum atomic E-state index is 12.1. The fourth-order valence-electron chi connectivity index (χ4n) is 2.21. The first-order valence-corrected chi connectivity index (χ1v) is 10.0. The number of sulfonamides is 1. The molecule has 1 saturated heterocycles. The number of carbonyl (C=O) groups is 1. The molecule has 20 heavy (non-hydrogen) atoms. The minimum atomic E-state index is -3.47. The Balaban J connectivity index is 2.75. The third-order valence-corrected chi connectivity index (χ3v) is 6.60. The Morgan fingerprint density at radius 1 is 1.35 bits per heavy atom. The third kappa shape index (κ3) is 4.42. The van der Waals surface area contributed by atoms with Crippen LogP contribution in [0.2, 0.25) is 0 Å². The minimum Gasteiger partial charge on any atom is -0.341 e. The SMILES string of the molecule is CC(C)N(CC(=O)N(C)C1CCS(=O)(=O)C1)S(C)(=O)=O. The first kappa shape index (κ1) is 17.4. The van der Waals surface area contributed by atoms with E-state index in [9.17, 15) is 21.6 Å². The zero-order chi connectivity index (χ0) is 15.7. The van der Waals surface area contributed by atoms with Gasteiger partial charge in [0.2, 0.25) is 15.9 Å². The van der Waals surface area contributed by atoms with Gasteiger partial charge in [-0.3, -0.25) is 4.79 Å². The van der Waals surface area contributed by atoms with Crippen LogP contribution in [0.5, 0.6) is 0 Å². The van der Waals surface area contributed by atoms with Gasteiger partial charge in [-0.05, 0) is 20.3 Å². The molecule has 0 saturated carbocycles. The van der Waals surface area contributed by atoms with E-state index in [-0.39, 0.29) is 36.0 Å². The van der Waals surface area contributed by atoms with Crippen LogP contribution in [-0.4, -0.2) is 75.4 Å². The molecule has 1 heterocycles. The molecule has 1 fully saturated rings. The van der Waals surface area contributed by atoms with Gasteiger partial charge in [0.25, 0.3) is 0 Å². The molecule has 0 aromatic carbocycles. The molecule has 1 rings (SSSR count). The summed E-state index contributed by atoms with van der Waals surface area (Å²) in [6, 6.07) is -0.685. The number of rotatable bonds is 5. The van der Waals surface area contributed by atoms with Gasteiger partial charge in [-0.15, -0.1) is 0 Å². The Morgan fingerprint density at radius 3 is 2.25 bits per heavy atom. The van der Waals surface area contributed by atoms with Gasteiger partial charge in [0.15, 0.2) is 9.84 Å². The van der Waals surface area contributed by atoms with Crippen LogP contribution < -0.4 is 0 Å². The Labute approximate surface area is 120 Å². The first-order valence-electron chi connectivity index (χ1n) is 6.37. The van der Waals surface area contributed by atoms with E-state index < -0.39 is 19.9 Å². The van der Waals surface area contributed by atoms with Gasteiger partial charge in [0.05, 0.1) is 24.3 Å². The average molecular weight is 326 g/mol. The number of carbonyl (C=O) groups excluding carboxylic acids is 1. The number of nitrogens with zero attached hydrogens (tertiary/aromatic N) is 2. The summed E-state index contributed by atoms with van der Waals surface area (Å²) in [6.07, 6.45) is 1.46. The molecule has 0 aromatic heterocycles. The molecule has 1 aliphatic heterocycles. The lowest BCUT2D eigenvalue weighted by atomic mass is 10.2. The average Bonchev–Trinajstić information content (AvgIpc) is 2.63. The van der Waals surface area contributed by atoms with E-state index in [0.29, 0.717) is 6.42 Å². The predicted octanol–water partition coefficient (Wildman–Crippen LogP) is -0.698. The van der Waals surface area contributed by atoms with E-state index in [0.717, 1.165) is 10.6 Å². The minimum absolute atomic E-state index is 0.0458. The number of amides is 1. The molecule has 0 bridgehead atoms. The topological polar surface area (TPSA) is 91.8 Å². The third-order valence-electron chi connectivity index (χ3n) is 3.44. The van der Waals surface area contributed by atoms with Crippen LogP contribution in [0.25, 0.3) is 0 Å². The highest BCUT2D eigenvalue weighted by molar-refractivity contribution is 7.91. The lowest BCUT2D eigenvalue weighted by Crippen LogP contribution is -2.47. The highest BCUT2D eigenvalue weighted by atomic mass is 32.2. The van der Waals surface area contributed by atoms with Crippen LogP contribution in [-0.2, 0) is 24.7 Å². The van der Waals surface area contributed by atoms with Crippen LogP contribution in [0.15, 0.2) is 0 Å². The van der Waals surface area contributed by atoms with Gasteiger partial charge >= 0.3 is 0 Å². The van der Waals surface area contributed by atoms with Gasteiger partial charge in [0.1, 0.15) is 0 Å². The van der Waals surface area contributed by atoms with Crippen LogP contribution >= 0.6 is 0 Å². The smallest absolute Gasteiger partial charge is 0.237 e. The molecule has 1 aliphatic rings. The van der Waals surface area contributed by atoms with Crippen molar-refractivity contribution in [2.75, 3.05) is 31.4 Å². The summed E-state index contributed by atoms with van der Waals surface area (Å²) in [4.78, 5) is 13.5. The highest BCUT2D eigenvalue weighted by Gasteiger charge is 2.34. The van der Waals surface area contributed by atoms with Gasteiger partial charge in [-0.2, -0.15) is 4.31 Å². The zero-order valence-electron chi connectivity index (χ0n) is 12.2. The van der Waals surface area contributed by atoms with E-state index in [1.165, 1.54) is 11.9 Å². The van der Waals surface area contributed by atoms with Crippen molar-refractivity contribution in [3.05, 3.63) is 0 Å². The van der Waals surface area contributed by atoms with E-state index in [1.807, 2.05) is 0 Å². The van der Waals surface area contributed by atoms with Crippen LogP contribution in [0, 0.1) is 0 Å². The summed E-state index contributed by atoms with van der Waals surface area (Å²) in [5, 5.41) is 0. The molecule has 9 heteroatoms. The van der Waals surface area contributed by atoms with Crippen molar-refractivity contribution >= 4 is 25.8 Å². The molecule has 0 radical (unpaired) electrons. The Morgan fingerprint density at radius 2 is 1.90 bits per heavy atom. The zero-order valence-corrected chi connectivity index (χ0v) is 13.9. The summed E-state index contributed by atoms with van der Waals surface area (Å²) in [5.41, 5.74) is 0. The fraction of sp³-hybridized carbons (Fsp3) is 0.909. The van der Waals surface area contributed by atoms with Crippen molar-refractivity contribution in [3.63, 3.8) is 0 Å². The summed E-state index contributed by atoms with van der Waals surface area (Å²) in [5.74, 6) is -0.350. The maximum absolute atomic E-state index is 12.1. The molecule has 0 spiro atoms. The standard InChI is InChI=1S/C11H22N2O5S2/c1-9(2)13(19(4,15)16)7-11(14)12(3)10-5-6-20(17,18)8-10/h9-10H,5-8H2,1-4H3. The summed E-state index contributed by atoms with van der Waals surface area (Å²) in [7, 11) is -5.02. The van der Waals surface area contributed by atoms with Crippen LogP contribution in [0.3, 0.4) is 0 Å². The monoisotopic (exact) mass is 326 g/mol. The molecule has 7 nitrogen and oxygen atoms in total. The molecule has 1 amide bonds. The maximum Gasteiger partial charge on any atom is 0.237 e. The highest BCUT2D eigenvalue weighted by Crippen LogP contribution is 2.17. The molecular formula is C11H22N2O5S2. The Hall–Kier alpha value is -0.670. The van der Waals surface area contributed by atoms with Crippen LogP contribution in [0.1, 0.15) is 20.3 Å². The van der Waals surface area contributed by atoms with Crippen molar-refractivity contribution in [3.8, 4) is 0 Å². The van der Waals surface area contributed by atoms with Gasteiger partial charge < -0.3 is 4.90 Å². The second kappa shape index (κ2) is 5.98. The number of hydrogen-bond donors (Lipinski definition) is 0. The second-order valence-corrected chi connectivity index (χ2v) is 9.63. The van der Waals surface area contributed by atoms with Gasteiger partial charge in [-0.1, -0.05) is 0 Å². The van der Waals surface area contributed by atoms with E-state index >= 15 is 0 Å². The lowest BCUT2D eigenvalue weighted by molar-refractivity contribution is -0.132. The fourth-order valence-corrected chi connectivity index (χ4v) is 5.10. The molecule has 1 atom stereocenters. The normalized spacial score (nSPS) is 22.4. The van der Waals surface area contributed by atoms with Gasteiger partial charge in [0, 0.05) is 19.1 Å². The van der Waals surface area contributed by atoms with E-state index in [2.05, 4.69) is 0 Å². The van der Waals surface area contributed by atoms with Crippen molar-refractivity contribution in [2.24, 2.45) is 0 Å². The molecule has 1 unspecified atom stereocenters. The Bertz CT molecular complexity index is 568. The quantitative estimate of drug-likeness (QED) is 0.666. The Kier molecular flexibility index (Phi) is 5.20. The van der Waals surface area contributed by atoms with Crippen molar-refractivity contribution in [1.82, 2.24) is 9.21 Å². The van der Waals surface area contributed by atoms with E-state index in [4.69, 9.17) is 0 Å². The number of likely N-dealkylation sites (N-methyl/N-ethyl adjacent to an activating group) is 1.